The maximum absolute atomic E-state index is 13.7. The lowest BCUT2D eigenvalue weighted by Crippen LogP contribution is -2.31. The number of hydrogen-bond donors (Lipinski definition) is 1. The van der Waals surface area contributed by atoms with Crippen molar-refractivity contribution in [1.82, 2.24) is 4.72 Å². The van der Waals surface area contributed by atoms with Gasteiger partial charge in [0, 0.05) is 31.3 Å². The molecule has 1 heterocycles. The Morgan fingerprint density at radius 3 is 2.35 bits per heavy atom. The highest BCUT2D eigenvalue weighted by molar-refractivity contribution is 7.89. The van der Waals surface area contributed by atoms with Gasteiger partial charge in [-0.15, -0.1) is 0 Å². The van der Waals surface area contributed by atoms with Gasteiger partial charge in [0.05, 0.1) is 0 Å². The van der Waals surface area contributed by atoms with Crippen LogP contribution in [0.1, 0.15) is 6.42 Å². The molecule has 1 saturated heterocycles. The highest BCUT2D eigenvalue weighted by Gasteiger charge is 2.32. The Labute approximate surface area is 148 Å². The predicted octanol–water partition coefficient (Wildman–Crippen LogP) is 2.44. The maximum atomic E-state index is 13.7. The molecule has 5 nitrogen and oxygen atoms in total. The van der Waals surface area contributed by atoms with Crippen molar-refractivity contribution in [2.45, 2.75) is 11.3 Å². The summed E-state index contributed by atoms with van der Waals surface area (Å²) in [6.45, 7) is 0.168. The number of nitrogens with zero attached hydrogens (tertiary/aromatic N) is 1. The summed E-state index contributed by atoms with van der Waals surface area (Å²) in [7, 11) is -4.17. The molecule has 0 bridgehead atoms. The second-order valence-electron chi connectivity index (χ2n) is 5.98. The summed E-state index contributed by atoms with van der Waals surface area (Å²) in [6, 6.07) is 7.59. The molecule has 1 fully saturated rings. The Bertz CT molecular complexity index is 933. The molecule has 0 aromatic heterocycles. The number of benzene rings is 2. The van der Waals surface area contributed by atoms with Gasteiger partial charge in [-0.25, -0.2) is 26.3 Å². The molecule has 0 aliphatic carbocycles. The van der Waals surface area contributed by atoms with Crippen LogP contribution in [0, 0.1) is 23.4 Å². The van der Waals surface area contributed by atoms with Gasteiger partial charge in [-0.1, -0.05) is 0 Å². The molecule has 9 heteroatoms. The number of amides is 1. The first-order chi connectivity index (χ1) is 12.3. The van der Waals surface area contributed by atoms with Crippen molar-refractivity contribution in [2.24, 2.45) is 5.92 Å². The normalized spacial score (nSPS) is 17.7. The van der Waals surface area contributed by atoms with Gasteiger partial charge in [0.15, 0.2) is 0 Å². The Morgan fingerprint density at radius 1 is 1.04 bits per heavy atom. The summed E-state index contributed by atoms with van der Waals surface area (Å²) in [5.74, 6) is -3.03. The summed E-state index contributed by atoms with van der Waals surface area (Å²) in [6.07, 6.45) is 0.103. The molecule has 3 rings (SSSR count). The Hall–Kier alpha value is -2.39. The van der Waals surface area contributed by atoms with E-state index in [1.165, 1.54) is 29.2 Å². The number of rotatable bonds is 5. The van der Waals surface area contributed by atoms with Crippen LogP contribution in [0.2, 0.25) is 0 Å². The molecule has 1 unspecified atom stereocenters. The minimum atomic E-state index is -4.17. The van der Waals surface area contributed by atoms with Crippen molar-refractivity contribution in [3.63, 3.8) is 0 Å². The monoisotopic (exact) mass is 384 g/mol. The quantitative estimate of drug-likeness (QED) is 0.861. The van der Waals surface area contributed by atoms with Crippen molar-refractivity contribution in [2.75, 3.05) is 18.0 Å². The van der Waals surface area contributed by atoms with E-state index < -0.39 is 32.4 Å². The second kappa shape index (κ2) is 7.08. The van der Waals surface area contributed by atoms with Gasteiger partial charge in [0.25, 0.3) is 0 Å². The van der Waals surface area contributed by atoms with E-state index in [1.54, 1.807) is 0 Å². The molecular weight excluding hydrogens is 369 g/mol. The fourth-order valence-corrected chi connectivity index (χ4v) is 3.96. The van der Waals surface area contributed by atoms with E-state index in [4.69, 9.17) is 0 Å². The highest BCUT2D eigenvalue weighted by Crippen LogP contribution is 2.25. The minimum absolute atomic E-state index is 0.0808. The zero-order valence-corrected chi connectivity index (χ0v) is 14.3. The standard InChI is InChI=1S/C17H15F3N2O3S/c18-12-1-4-14(5-2-12)22-10-11(7-17(22)23)9-21-26(24,25)16-6-3-13(19)8-15(16)20/h1-6,8,11,21H,7,9-10H2. The molecule has 1 aliphatic rings. The molecule has 1 amide bonds. The topological polar surface area (TPSA) is 66.5 Å². The van der Waals surface area contributed by atoms with E-state index in [-0.39, 0.29) is 31.3 Å². The number of hydrogen-bond acceptors (Lipinski definition) is 3. The molecule has 0 spiro atoms. The SMILES string of the molecule is O=C1CC(CNS(=O)(=O)c2ccc(F)cc2F)CN1c1ccc(F)cc1. The van der Waals surface area contributed by atoms with Crippen molar-refractivity contribution in [3.8, 4) is 0 Å². The van der Waals surface area contributed by atoms with E-state index in [9.17, 15) is 26.4 Å². The van der Waals surface area contributed by atoms with Crippen molar-refractivity contribution in [3.05, 3.63) is 59.9 Å². The molecule has 138 valence electrons. The first kappa shape index (κ1) is 18.4. The van der Waals surface area contributed by atoms with E-state index in [0.29, 0.717) is 11.8 Å². The number of nitrogens with one attached hydrogen (secondary N) is 1. The van der Waals surface area contributed by atoms with E-state index in [2.05, 4.69) is 4.72 Å². The first-order valence-corrected chi connectivity index (χ1v) is 9.25. The molecular formula is C17H15F3N2O3S. The third kappa shape index (κ3) is 3.88. The van der Waals surface area contributed by atoms with Crippen LogP contribution in [0.25, 0.3) is 0 Å². The van der Waals surface area contributed by atoms with Crippen molar-refractivity contribution in [1.29, 1.82) is 0 Å². The van der Waals surface area contributed by atoms with Gasteiger partial charge < -0.3 is 4.90 Å². The average Bonchev–Trinajstić information content (AvgIpc) is 2.94. The van der Waals surface area contributed by atoms with Crippen LogP contribution in [0.5, 0.6) is 0 Å². The number of halogens is 3. The van der Waals surface area contributed by atoms with Crippen LogP contribution in [0.15, 0.2) is 47.4 Å². The summed E-state index contributed by atoms with van der Waals surface area (Å²) < 4.78 is 66.2. The van der Waals surface area contributed by atoms with E-state index in [0.717, 1.165) is 12.1 Å². The van der Waals surface area contributed by atoms with Gasteiger partial charge in [0.2, 0.25) is 15.9 Å². The molecule has 1 aliphatic heterocycles. The fraction of sp³-hybridized carbons (Fsp3) is 0.235. The van der Waals surface area contributed by atoms with Gasteiger partial charge in [-0.2, -0.15) is 0 Å². The third-order valence-corrected chi connectivity index (χ3v) is 5.55. The summed E-state index contributed by atoms with van der Waals surface area (Å²) in [5, 5.41) is 0. The number of anilines is 1. The smallest absolute Gasteiger partial charge is 0.243 e. The molecule has 2 aromatic carbocycles. The molecule has 2 aromatic rings. The zero-order chi connectivity index (χ0) is 18.9. The van der Waals surface area contributed by atoms with Crippen molar-refractivity contribution >= 4 is 21.6 Å². The van der Waals surface area contributed by atoms with Crippen LogP contribution in [-0.2, 0) is 14.8 Å². The van der Waals surface area contributed by atoms with Gasteiger partial charge in [0.1, 0.15) is 22.3 Å². The Kier molecular flexibility index (Phi) is 5.01. The molecule has 26 heavy (non-hydrogen) atoms. The zero-order valence-electron chi connectivity index (χ0n) is 13.5. The number of carbonyl (C=O) groups is 1. The highest BCUT2D eigenvalue weighted by atomic mass is 32.2. The van der Waals surface area contributed by atoms with Crippen LogP contribution in [-0.4, -0.2) is 27.4 Å². The number of sulfonamides is 1. The van der Waals surface area contributed by atoms with Crippen LogP contribution >= 0.6 is 0 Å². The molecule has 0 radical (unpaired) electrons. The van der Waals surface area contributed by atoms with Crippen LogP contribution in [0.4, 0.5) is 18.9 Å². The minimum Gasteiger partial charge on any atom is -0.312 e. The lowest BCUT2D eigenvalue weighted by Gasteiger charge is -2.17. The lowest BCUT2D eigenvalue weighted by molar-refractivity contribution is -0.117. The lowest BCUT2D eigenvalue weighted by atomic mass is 10.1. The predicted molar refractivity (Wildman–Crippen MR) is 88.4 cm³/mol. The van der Waals surface area contributed by atoms with E-state index in [1.807, 2.05) is 0 Å². The van der Waals surface area contributed by atoms with Gasteiger partial charge in [-0.3, -0.25) is 4.79 Å². The Morgan fingerprint density at radius 2 is 1.69 bits per heavy atom. The van der Waals surface area contributed by atoms with Crippen LogP contribution < -0.4 is 9.62 Å². The Balaban J connectivity index is 1.66. The largest absolute Gasteiger partial charge is 0.312 e. The van der Waals surface area contributed by atoms with Gasteiger partial charge >= 0.3 is 0 Å². The van der Waals surface area contributed by atoms with Crippen LogP contribution in [0.3, 0.4) is 0 Å². The average molecular weight is 384 g/mol. The fourth-order valence-electron chi connectivity index (χ4n) is 2.79. The maximum Gasteiger partial charge on any atom is 0.243 e. The van der Waals surface area contributed by atoms with Crippen molar-refractivity contribution < 1.29 is 26.4 Å². The summed E-state index contributed by atoms with van der Waals surface area (Å²) in [5.41, 5.74) is 0.520. The third-order valence-electron chi connectivity index (χ3n) is 4.09. The second-order valence-corrected chi connectivity index (χ2v) is 7.71. The number of carbonyl (C=O) groups excluding carboxylic acids is 1. The van der Waals surface area contributed by atoms with E-state index >= 15 is 0 Å². The molecule has 1 N–H and O–H groups in total. The summed E-state index contributed by atoms with van der Waals surface area (Å²) >= 11 is 0. The molecule has 1 atom stereocenters. The first-order valence-electron chi connectivity index (χ1n) is 7.77. The molecule has 0 saturated carbocycles. The van der Waals surface area contributed by atoms with Gasteiger partial charge in [-0.05, 0) is 42.3 Å². The summed E-state index contributed by atoms with van der Waals surface area (Å²) in [4.78, 5) is 12.9.